The Morgan fingerprint density at radius 3 is 1.00 bits per heavy atom. The van der Waals surface area contributed by atoms with E-state index in [1.807, 2.05) is 24.3 Å². The molecule has 0 aliphatic carbocycles. The fourth-order valence-electron chi connectivity index (χ4n) is 2.68. The molecule has 0 saturated heterocycles. The van der Waals surface area contributed by atoms with Crippen molar-refractivity contribution in [2.75, 3.05) is 0 Å². The Hall–Kier alpha value is -3.34. The molecular weight excluding hydrogens is 423 g/mol. The molecule has 0 aliphatic rings. The van der Waals surface area contributed by atoms with Crippen LogP contribution in [0.15, 0.2) is 84.9 Å². The standard InChI is InChI=1S/C12H8Cl2O2.C12H10O2/c13-9-5-7(1-3-11(9)15)8-2-4-12(16)10(14)6-8;13-11-5-1-9(2-6-11)10-3-7-12(14)8-4-10/h1-6,15-16H;1-8,13-14H. The second kappa shape index (κ2) is 9.44. The molecule has 6 heteroatoms. The number of rotatable bonds is 2. The molecule has 0 aliphatic heterocycles. The minimum atomic E-state index is 0.0373. The number of phenols is 4. The van der Waals surface area contributed by atoms with Crippen molar-refractivity contribution >= 4 is 23.2 Å². The number of hydrogen-bond donors (Lipinski definition) is 4. The third kappa shape index (κ3) is 5.38. The maximum atomic E-state index is 9.29. The molecule has 0 radical (unpaired) electrons. The molecule has 0 aromatic heterocycles. The summed E-state index contributed by atoms with van der Waals surface area (Å²) in [7, 11) is 0. The van der Waals surface area contributed by atoms with Crippen molar-refractivity contribution in [1.29, 1.82) is 0 Å². The maximum Gasteiger partial charge on any atom is 0.134 e. The molecule has 4 nitrogen and oxygen atoms in total. The van der Waals surface area contributed by atoms with Crippen LogP contribution >= 0.6 is 23.2 Å². The van der Waals surface area contributed by atoms with Crippen molar-refractivity contribution in [3.05, 3.63) is 95.0 Å². The number of phenolic OH excluding ortho intramolecular Hbond substituents is 4. The lowest BCUT2D eigenvalue weighted by Crippen LogP contribution is -1.79. The number of halogens is 2. The number of benzene rings is 4. The van der Waals surface area contributed by atoms with Gasteiger partial charge in [0.05, 0.1) is 10.0 Å². The van der Waals surface area contributed by atoms with Gasteiger partial charge in [0.15, 0.2) is 0 Å². The van der Waals surface area contributed by atoms with Crippen LogP contribution in [0.4, 0.5) is 0 Å². The van der Waals surface area contributed by atoms with Crippen LogP contribution < -0.4 is 0 Å². The third-order valence-electron chi connectivity index (χ3n) is 4.30. The van der Waals surface area contributed by atoms with Gasteiger partial charge in [0, 0.05) is 0 Å². The van der Waals surface area contributed by atoms with Gasteiger partial charge >= 0.3 is 0 Å². The summed E-state index contributed by atoms with van der Waals surface area (Å²) in [6.07, 6.45) is 0. The zero-order chi connectivity index (χ0) is 21.7. The molecule has 0 fully saturated rings. The van der Waals surface area contributed by atoms with Crippen molar-refractivity contribution in [3.63, 3.8) is 0 Å². The van der Waals surface area contributed by atoms with Crippen LogP contribution in [0.3, 0.4) is 0 Å². The Morgan fingerprint density at radius 2 is 0.700 bits per heavy atom. The molecule has 4 aromatic rings. The highest BCUT2D eigenvalue weighted by Gasteiger charge is 2.05. The predicted octanol–water partition coefficient (Wildman–Crippen LogP) is 6.84. The molecule has 0 amide bonds. The van der Waals surface area contributed by atoms with Crippen LogP contribution in [-0.2, 0) is 0 Å². The van der Waals surface area contributed by atoms with Crippen LogP contribution in [0, 0.1) is 0 Å². The van der Waals surface area contributed by atoms with E-state index in [1.165, 1.54) is 12.1 Å². The van der Waals surface area contributed by atoms with E-state index in [2.05, 4.69) is 0 Å². The van der Waals surface area contributed by atoms with Gasteiger partial charge in [-0.25, -0.2) is 0 Å². The van der Waals surface area contributed by atoms with E-state index >= 15 is 0 Å². The van der Waals surface area contributed by atoms with Gasteiger partial charge in [-0.3, -0.25) is 0 Å². The smallest absolute Gasteiger partial charge is 0.134 e. The Kier molecular flexibility index (Phi) is 6.72. The highest BCUT2D eigenvalue weighted by Crippen LogP contribution is 2.33. The van der Waals surface area contributed by atoms with Gasteiger partial charge in [-0.1, -0.05) is 59.6 Å². The highest BCUT2D eigenvalue weighted by atomic mass is 35.5. The minimum absolute atomic E-state index is 0.0373. The molecule has 0 unspecified atom stereocenters. The lowest BCUT2D eigenvalue weighted by Gasteiger charge is -2.05. The van der Waals surface area contributed by atoms with Gasteiger partial charge in [-0.15, -0.1) is 0 Å². The molecule has 0 saturated carbocycles. The molecule has 4 N–H and O–H groups in total. The Labute approximate surface area is 183 Å². The van der Waals surface area contributed by atoms with Crippen molar-refractivity contribution in [2.45, 2.75) is 0 Å². The first-order valence-corrected chi connectivity index (χ1v) is 9.65. The van der Waals surface area contributed by atoms with Gasteiger partial charge in [-0.05, 0) is 70.8 Å². The Balaban J connectivity index is 0.000000172. The van der Waals surface area contributed by atoms with Crippen LogP contribution in [-0.4, -0.2) is 20.4 Å². The van der Waals surface area contributed by atoms with E-state index in [4.69, 9.17) is 33.4 Å². The van der Waals surface area contributed by atoms with E-state index in [0.29, 0.717) is 0 Å². The first kappa shape index (κ1) is 21.4. The molecule has 30 heavy (non-hydrogen) atoms. The highest BCUT2D eigenvalue weighted by molar-refractivity contribution is 6.33. The summed E-state index contributed by atoms with van der Waals surface area (Å²) in [6.45, 7) is 0. The molecule has 0 atom stereocenters. The Morgan fingerprint density at radius 1 is 0.400 bits per heavy atom. The van der Waals surface area contributed by atoms with E-state index in [-0.39, 0.29) is 33.0 Å². The summed E-state index contributed by atoms with van der Waals surface area (Å²) in [4.78, 5) is 0. The molecule has 4 aromatic carbocycles. The van der Waals surface area contributed by atoms with Crippen molar-refractivity contribution < 1.29 is 20.4 Å². The zero-order valence-electron chi connectivity index (χ0n) is 15.6. The van der Waals surface area contributed by atoms with Crippen molar-refractivity contribution in [1.82, 2.24) is 0 Å². The Bertz CT molecular complexity index is 1050. The normalized spacial score (nSPS) is 10.2. The molecule has 0 bridgehead atoms. The van der Waals surface area contributed by atoms with Crippen LogP contribution in [0.2, 0.25) is 10.0 Å². The summed E-state index contributed by atoms with van der Waals surface area (Å²) >= 11 is 11.6. The number of aromatic hydroxyl groups is 4. The molecule has 152 valence electrons. The first-order valence-electron chi connectivity index (χ1n) is 8.89. The molecule has 4 rings (SSSR count). The van der Waals surface area contributed by atoms with Gasteiger partial charge in [0.2, 0.25) is 0 Å². The average Bonchev–Trinajstić information content (AvgIpc) is 2.74. The van der Waals surface area contributed by atoms with E-state index in [0.717, 1.165) is 22.3 Å². The van der Waals surface area contributed by atoms with Crippen LogP contribution in [0.25, 0.3) is 22.3 Å². The molecular formula is C24H18Cl2O4. The first-order chi connectivity index (χ1) is 14.3. The van der Waals surface area contributed by atoms with Crippen molar-refractivity contribution in [2.24, 2.45) is 0 Å². The fourth-order valence-corrected chi connectivity index (χ4v) is 3.04. The summed E-state index contributed by atoms with van der Waals surface area (Å²) < 4.78 is 0. The van der Waals surface area contributed by atoms with E-state index in [9.17, 15) is 10.2 Å². The predicted molar refractivity (Wildman–Crippen MR) is 120 cm³/mol. The summed E-state index contributed by atoms with van der Waals surface area (Å²) in [5, 5.41) is 37.4. The summed E-state index contributed by atoms with van der Waals surface area (Å²) in [5.41, 5.74) is 3.68. The van der Waals surface area contributed by atoms with Gasteiger partial charge in [-0.2, -0.15) is 0 Å². The minimum Gasteiger partial charge on any atom is -0.508 e. The summed E-state index contributed by atoms with van der Waals surface area (Å²) in [6, 6.07) is 23.7. The maximum absolute atomic E-state index is 9.29. The van der Waals surface area contributed by atoms with Gasteiger partial charge in [0.1, 0.15) is 23.0 Å². The summed E-state index contributed by atoms with van der Waals surface area (Å²) in [5.74, 6) is 0.589. The second-order valence-electron chi connectivity index (χ2n) is 6.43. The van der Waals surface area contributed by atoms with Crippen LogP contribution in [0.5, 0.6) is 23.0 Å². The SMILES string of the molecule is Oc1ccc(-c2ccc(O)c(Cl)c2)cc1Cl.Oc1ccc(-c2ccc(O)cc2)cc1. The average molecular weight is 441 g/mol. The van der Waals surface area contributed by atoms with Gasteiger partial charge < -0.3 is 20.4 Å². The quantitative estimate of drug-likeness (QED) is 0.275. The largest absolute Gasteiger partial charge is 0.508 e. The van der Waals surface area contributed by atoms with Crippen molar-refractivity contribution in [3.8, 4) is 45.3 Å². The topological polar surface area (TPSA) is 80.9 Å². The second-order valence-corrected chi connectivity index (χ2v) is 7.24. The lowest BCUT2D eigenvalue weighted by molar-refractivity contribution is 0.474. The monoisotopic (exact) mass is 440 g/mol. The molecule has 0 heterocycles. The zero-order valence-corrected chi connectivity index (χ0v) is 17.1. The molecule has 0 spiro atoms. The van der Waals surface area contributed by atoms with Gasteiger partial charge in [0.25, 0.3) is 0 Å². The van der Waals surface area contributed by atoms with E-state index < -0.39 is 0 Å². The lowest BCUT2D eigenvalue weighted by atomic mass is 10.1. The van der Waals surface area contributed by atoms with E-state index in [1.54, 1.807) is 48.5 Å². The fraction of sp³-hybridized carbons (Fsp3) is 0. The van der Waals surface area contributed by atoms with Crippen LogP contribution in [0.1, 0.15) is 0 Å². The third-order valence-corrected chi connectivity index (χ3v) is 4.90. The number of hydrogen-bond acceptors (Lipinski definition) is 4.